The van der Waals surface area contributed by atoms with Crippen LogP contribution in [0.3, 0.4) is 0 Å². The molecule has 3 aromatic rings. The van der Waals surface area contributed by atoms with E-state index in [1.54, 1.807) is 31.2 Å². The maximum atomic E-state index is 11.4. The first-order valence-electron chi connectivity index (χ1n) is 7.36. The van der Waals surface area contributed by atoms with Crippen molar-refractivity contribution in [2.75, 3.05) is 7.11 Å². The Bertz CT molecular complexity index is 840. The summed E-state index contributed by atoms with van der Waals surface area (Å²) >= 11 is 0. The quantitative estimate of drug-likeness (QED) is 0.670. The number of carbonyl (C=O) groups is 1. The molecule has 6 nitrogen and oxygen atoms in total. The van der Waals surface area contributed by atoms with Gasteiger partial charge in [0.2, 0.25) is 11.7 Å². The van der Waals surface area contributed by atoms with E-state index in [-0.39, 0.29) is 5.97 Å². The maximum absolute atomic E-state index is 11.4. The Balaban J connectivity index is 1.67. The van der Waals surface area contributed by atoms with Gasteiger partial charge in [0, 0.05) is 12.5 Å². The highest BCUT2D eigenvalue weighted by Crippen LogP contribution is 2.19. The van der Waals surface area contributed by atoms with Crippen LogP contribution in [0.1, 0.15) is 21.8 Å². The molecule has 0 bridgehead atoms. The van der Waals surface area contributed by atoms with Gasteiger partial charge >= 0.3 is 5.97 Å². The number of hydrogen-bond donors (Lipinski definition) is 0. The number of hydrogen-bond acceptors (Lipinski definition) is 6. The summed E-state index contributed by atoms with van der Waals surface area (Å²) in [5.74, 6) is 1.38. The minimum absolute atomic E-state index is 0.371. The van der Waals surface area contributed by atoms with Gasteiger partial charge in [-0.1, -0.05) is 23.4 Å². The Kier molecular flexibility index (Phi) is 4.56. The van der Waals surface area contributed by atoms with Crippen LogP contribution in [0, 0.1) is 6.92 Å². The zero-order chi connectivity index (χ0) is 16.9. The fraction of sp³-hybridized carbons (Fsp3) is 0.167. The van der Waals surface area contributed by atoms with E-state index in [4.69, 9.17) is 9.26 Å². The van der Waals surface area contributed by atoms with Gasteiger partial charge in [-0.2, -0.15) is 4.98 Å². The molecule has 0 atom stereocenters. The van der Waals surface area contributed by atoms with Gasteiger partial charge in [-0.25, -0.2) is 4.79 Å². The van der Waals surface area contributed by atoms with Crippen molar-refractivity contribution < 1.29 is 18.8 Å². The summed E-state index contributed by atoms with van der Waals surface area (Å²) in [6.45, 7) is 2.14. The fourth-order valence-electron chi connectivity index (χ4n) is 2.19. The number of aromatic nitrogens is 2. The molecule has 0 aliphatic heterocycles. The number of esters is 1. The highest BCUT2D eigenvalue weighted by atomic mass is 16.5. The molecule has 0 saturated heterocycles. The van der Waals surface area contributed by atoms with Crippen molar-refractivity contribution in [2.24, 2.45) is 0 Å². The smallest absolute Gasteiger partial charge is 0.337 e. The van der Waals surface area contributed by atoms with E-state index in [9.17, 15) is 4.79 Å². The van der Waals surface area contributed by atoms with Gasteiger partial charge < -0.3 is 14.0 Å². The Labute approximate surface area is 139 Å². The molecule has 2 aromatic carbocycles. The largest absolute Gasteiger partial charge is 0.489 e. The van der Waals surface area contributed by atoms with Crippen molar-refractivity contribution in [1.82, 2.24) is 10.1 Å². The molecule has 0 unspecified atom stereocenters. The predicted octanol–water partition coefficient (Wildman–Crippen LogP) is 3.41. The van der Waals surface area contributed by atoms with Crippen molar-refractivity contribution in [2.45, 2.75) is 13.5 Å². The number of benzene rings is 2. The second-order valence-electron chi connectivity index (χ2n) is 5.14. The van der Waals surface area contributed by atoms with E-state index < -0.39 is 0 Å². The van der Waals surface area contributed by atoms with Crippen LogP contribution in [0.4, 0.5) is 0 Å². The maximum Gasteiger partial charge on any atom is 0.337 e. The van der Waals surface area contributed by atoms with Crippen LogP contribution in [0.5, 0.6) is 5.75 Å². The number of nitrogens with zero attached hydrogens (tertiary/aromatic N) is 2. The zero-order valence-electron chi connectivity index (χ0n) is 13.4. The van der Waals surface area contributed by atoms with Crippen LogP contribution in [-0.4, -0.2) is 23.2 Å². The molecule has 0 radical (unpaired) electrons. The third kappa shape index (κ3) is 3.60. The third-order valence-corrected chi connectivity index (χ3v) is 3.39. The predicted molar refractivity (Wildman–Crippen MR) is 86.6 cm³/mol. The number of rotatable bonds is 5. The first-order valence-corrected chi connectivity index (χ1v) is 7.36. The molecular weight excluding hydrogens is 308 g/mol. The molecule has 1 heterocycles. The van der Waals surface area contributed by atoms with Crippen LogP contribution in [-0.2, 0) is 11.3 Å². The molecule has 0 amide bonds. The summed E-state index contributed by atoms with van der Waals surface area (Å²) in [6, 6.07) is 14.5. The Morgan fingerprint density at radius 2 is 1.96 bits per heavy atom. The molecule has 0 aliphatic rings. The minimum atomic E-state index is -0.371. The molecule has 0 aliphatic carbocycles. The molecule has 0 fully saturated rings. The average molecular weight is 324 g/mol. The SMILES string of the molecule is COC(=O)c1ccc(OCc2cccc(-c3noc(C)n3)c2)cc1. The summed E-state index contributed by atoms with van der Waals surface area (Å²) in [5, 5.41) is 3.91. The first-order chi connectivity index (χ1) is 11.7. The normalized spacial score (nSPS) is 10.4. The summed E-state index contributed by atoms with van der Waals surface area (Å²) in [5.41, 5.74) is 2.33. The molecule has 6 heteroatoms. The summed E-state index contributed by atoms with van der Waals surface area (Å²) in [6.07, 6.45) is 0. The number of aryl methyl sites for hydroxylation is 1. The second-order valence-corrected chi connectivity index (χ2v) is 5.14. The van der Waals surface area contributed by atoms with Gasteiger partial charge in [0.05, 0.1) is 12.7 Å². The highest BCUT2D eigenvalue weighted by Gasteiger charge is 2.07. The molecule has 1 aromatic heterocycles. The van der Waals surface area contributed by atoms with Crippen LogP contribution >= 0.6 is 0 Å². The first kappa shape index (κ1) is 15.7. The summed E-state index contributed by atoms with van der Waals surface area (Å²) < 4.78 is 15.4. The summed E-state index contributed by atoms with van der Waals surface area (Å²) in [4.78, 5) is 15.6. The molecule has 122 valence electrons. The lowest BCUT2D eigenvalue weighted by Crippen LogP contribution is -2.01. The van der Waals surface area contributed by atoms with Crippen LogP contribution in [0.25, 0.3) is 11.4 Å². The Hall–Kier alpha value is -3.15. The van der Waals surface area contributed by atoms with Crippen molar-refractivity contribution in [3.05, 3.63) is 65.5 Å². The summed E-state index contributed by atoms with van der Waals surface area (Å²) in [7, 11) is 1.35. The second kappa shape index (κ2) is 6.95. The van der Waals surface area contributed by atoms with E-state index in [1.807, 2.05) is 24.3 Å². The zero-order valence-corrected chi connectivity index (χ0v) is 13.4. The third-order valence-electron chi connectivity index (χ3n) is 3.39. The van der Waals surface area contributed by atoms with E-state index in [2.05, 4.69) is 14.9 Å². The fourth-order valence-corrected chi connectivity index (χ4v) is 2.19. The number of carbonyl (C=O) groups excluding carboxylic acids is 1. The minimum Gasteiger partial charge on any atom is -0.489 e. The monoisotopic (exact) mass is 324 g/mol. The van der Waals surface area contributed by atoms with Crippen LogP contribution in [0.2, 0.25) is 0 Å². The van der Waals surface area contributed by atoms with Gasteiger partial charge in [0.15, 0.2) is 0 Å². The molecule has 0 spiro atoms. The number of ether oxygens (including phenoxy) is 2. The lowest BCUT2D eigenvalue weighted by atomic mass is 10.1. The standard InChI is InChI=1S/C18H16N2O4/c1-12-19-17(20-24-12)15-5-3-4-13(10-15)11-23-16-8-6-14(7-9-16)18(21)22-2/h3-10H,11H2,1-2H3. The lowest BCUT2D eigenvalue weighted by Gasteiger charge is -2.07. The number of methoxy groups -OCH3 is 1. The van der Waals surface area contributed by atoms with E-state index >= 15 is 0 Å². The Morgan fingerprint density at radius 3 is 2.62 bits per heavy atom. The van der Waals surface area contributed by atoms with Gasteiger partial charge in [-0.15, -0.1) is 0 Å². The van der Waals surface area contributed by atoms with Crippen LogP contribution < -0.4 is 4.74 Å². The van der Waals surface area contributed by atoms with Crippen LogP contribution in [0.15, 0.2) is 53.1 Å². The van der Waals surface area contributed by atoms with Gasteiger partial charge in [0.1, 0.15) is 12.4 Å². The van der Waals surface area contributed by atoms with E-state index in [0.29, 0.717) is 29.6 Å². The van der Waals surface area contributed by atoms with Crippen molar-refractivity contribution in [3.8, 4) is 17.1 Å². The molecule has 24 heavy (non-hydrogen) atoms. The molecular formula is C18H16N2O4. The average Bonchev–Trinajstić information content (AvgIpc) is 3.06. The van der Waals surface area contributed by atoms with Gasteiger partial charge in [0.25, 0.3) is 0 Å². The Morgan fingerprint density at radius 1 is 1.17 bits per heavy atom. The van der Waals surface area contributed by atoms with Gasteiger partial charge in [-0.3, -0.25) is 0 Å². The van der Waals surface area contributed by atoms with Crippen molar-refractivity contribution >= 4 is 5.97 Å². The molecule has 3 rings (SSSR count). The lowest BCUT2D eigenvalue weighted by molar-refractivity contribution is 0.0600. The van der Waals surface area contributed by atoms with E-state index in [0.717, 1.165) is 11.1 Å². The van der Waals surface area contributed by atoms with E-state index in [1.165, 1.54) is 7.11 Å². The molecule has 0 saturated carbocycles. The topological polar surface area (TPSA) is 74.5 Å². The van der Waals surface area contributed by atoms with Crippen molar-refractivity contribution in [1.29, 1.82) is 0 Å². The molecule has 0 N–H and O–H groups in total. The van der Waals surface area contributed by atoms with Crippen molar-refractivity contribution in [3.63, 3.8) is 0 Å². The van der Waals surface area contributed by atoms with Gasteiger partial charge in [-0.05, 0) is 35.9 Å². The highest BCUT2D eigenvalue weighted by molar-refractivity contribution is 5.89.